The molecule has 0 amide bonds. The summed E-state index contributed by atoms with van der Waals surface area (Å²) in [6, 6.07) is 0.610. The number of aromatic nitrogens is 1. The minimum absolute atomic E-state index is 0.180. The van der Waals surface area contributed by atoms with Gasteiger partial charge < -0.3 is 5.32 Å². The second kappa shape index (κ2) is 5.04. The van der Waals surface area contributed by atoms with Gasteiger partial charge in [-0.15, -0.1) is 11.3 Å². The number of hydrogen-bond acceptors (Lipinski definition) is 4. The first-order valence-electron chi connectivity index (χ1n) is 6.36. The van der Waals surface area contributed by atoms with Crippen LogP contribution in [0.15, 0.2) is 6.20 Å². The Morgan fingerprint density at radius 3 is 2.88 bits per heavy atom. The van der Waals surface area contributed by atoms with Gasteiger partial charge in [-0.1, -0.05) is 20.8 Å². The lowest BCUT2D eigenvalue weighted by Crippen LogP contribution is -2.48. The number of nitrogens with zero attached hydrogens (tertiary/aromatic N) is 2. The maximum atomic E-state index is 4.55. The van der Waals surface area contributed by atoms with Crippen molar-refractivity contribution >= 4 is 11.3 Å². The second-order valence-electron chi connectivity index (χ2n) is 5.97. The fourth-order valence-corrected chi connectivity index (χ4v) is 3.12. The predicted molar refractivity (Wildman–Crippen MR) is 73.6 cm³/mol. The molecule has 2 heterocycles. The molecule has 0 aliphatic carbocycles. The van der Waals surface area contributed by atoms with Crippen molar-refractivity contribution in [3.8, 4) is 0 Å². The van der Waals surface area contributed by atoms with E-state index in [-0.39, 0.29) is 5.41 Å². The first-order chi connectivity index (χ1) is 7.95. The van der Waals surface area contributed by atoms with E-state index in [1.807, 2.05) is 11.3 Å². The van der Waals surface area contributed by atoms with Gasteiger partial charge in [0.25, 0.3) is 0 Å². The van der Waals surface area contributed by atoms with Gasteiger partial charge in [-0.2, -0.15) is 0 Å². The lowest BCUT2D eigenvalue weighted by molar-refractivity contribution is 0.201. The molecule has 1 saturated heterocycles. The lowest BCUT2D eigenvalue weighted by atomic mass is 9.98. The maximum absolute atomic E-state index is 4.55. The van der Waals surface area contributed by atoms with Crippen molar-refractivity contribution in [2.45, 2.75) is 45.7 Å². The van der Waals surface area contributed by atoms with Crippen LogP contribution in [0.4, 0.5) is 0 Å². The molecular formula is C13H23N3S. The number of nitrogens with one attached hydrogen (secondary N) is 1. The number of hydrogen-bond donors (Lipinski definition) is 1. The smallest absolute Gasteiger partial charge is 0.0981 e. The summed E-state index contributed by atoms with van der Waals surface area (Å²) in [6.45, 7) is 13.4. The zero-order valence-electron chi connectivity index (χ0n) is 11.3. The van der Waals surface area contributed by atoms with Crippen molar-refractivity contribution in [2.75, 3.05) is 19.6 Å². The van der Waals surface area contributed by atoms with Crippen LogP contribution in [0.2, 0.25) is 0 Å². The predicted octanol–water partition coefficient (Wildman–Crippen LogP) is 2.23. The second-order valence-corrected chi connectivity index (χ2v) is 7.09. The van der Waals surface area contributed by atoms with Crippen LogP contribution in [0.5, 0.6) is 0 Å². The Balaban J connectivity index is 1.97. The van der Waals surface area contributed by atoms with Crippen molar-refractivity contribution in [1.29, 1.82) is 0 Å². The highest BCUT2D eigenvalue weighted by atomic mass is 32.1. The highest BCUT2D eigenvalue weighted by Crippen LogP contribution is 2.27. The molecule has 0 radical (unpaired) electrons. The Labute approximate surface area is 108 Å². The molecule has 3 nitrogen and oxygen atoms in total. The van der Waals surface area contributed by atoms with E-state index in [2.05, 4.69) is 49.1 Å². The van der Waals surface area contributed by atoms with Crippen molar-refractivity contribution < 1.29 is 0 Å². The maximum Gasteiger partial charge on any atom is 0.0981 e. The van der Waals surface area contributed by atoms with Crippen LogP contribution >= 0.6 is 11.3 Å². The van der Waals surface area contributed by atoms with E-state index in [1.165, 1.54) is 9.88 Å². The normalized spacial score (nSPS) is 22.9. The van der Waals surface area contributed by atoms with Crippen LogP contribution < -0.4 is 5.32 Å². The topological polar surface area (TPSA) is 28.2 Å². The Hall–Kier alpha value is -0.450. The average molecular weight is 253 g/mol. The molecule has 1 aliphatic rings. The van der Waals surface area contributed by atoms with Crippen molar-refractivity contribution in [3.63, 3.8) is 0 Å². The Bertz CT molecular complexity index is 367. The molecule has 1 atom stereocenters. The molecular weight excluding hydrogens is 230 g/mol. The molecule has 1 N–H and O–H groups in total. The van der Waals surface area contributed by atoms with Crippen LogP contribution in [-0.4, -0.2) is 35.6 Å². The fraction of sp³-hybridized carbons (Fsp3) is 0.769. The Kier molecular flexibility index (Phi) is 3.85. The van der Waals surface area contributed by atoms with Gasteiger partial charge in [0.05, 0.1) is 5.01 Å². The summed E-state index contributed by atoms with van der Waals surface area (Å²) in [7, 11) is 0. The van der Waals surface area contributed by atoms with Crippen LogP contribution in [0.3, 0.4) is 0 Å². The summed E-state index contributed by atoms with van der Waals surface area (Å²) in [5.74, 6) is 0. The molecule has 0 saturated carbocycles. The van der Waals surface area contributed by atoms with Gasteiger partial charge in [-0.25, -0.2) is 4.98 Å². The minimum Gasteiger partial charge on any atom is -0.312 e. The van der Waals surface area contributed by atoms with Gasteiger partial charge in [0.15, 0.2) is 0 Å². The Morgan fingerprint density at radius 2 is 2.29 bits per heavy atom. The molecule has 1 aromatic rings. The third kappa shape index (κ3) is 3.50. The largest absolute Gasteiger partial charge is 0.312 e. The summed E-state index contributed by atoms with van der Waals surface area (Å²) < 4.78 is 0. The van der Waals surface area contributed by atoms with E-state index in [9.17, 15) is 0 Å². The first kappa shape index (κ1) is 13.0. The van der Waals surface area contributed by atoms with Crippen molar-refractivity contribution in [2.24, 2.45) is 0 Å². The van der Waals surface area contributed by atoms with Gasteiger partial charge in [0.2, 0.25) is 0 Å². The molecule has 0 aromatic carbocycles. The summed E-state index contributed by atoms with van der Waals surface area (Å²) in [5.41, 5.74) is 0.180. The van der Waals surface area contributed by atoms with E-state index in [4.69, 9.17) is 0 Å². The third-order valence-corrected chi connectivity index (χ3v) is 4.44. The first-order valence-corrected chi connectivity index (χ1v) is 7.18. The standard InChI is InChI=1S/C13H23N3S/c1-10-8-16(6-5-14-10)9-11-7-15-12(17-11)13(2,3)4/h7,10,14H,5-6,8-9H2,1-4H3. The van der Waals surface area contributed by atoms with Crippen LogP contribution in [0.25, 0.3) is 0 Å². The van der Waals surface area contributed by atoms with Crippen LogP contribution in [-0.2, 0) is 12.0 Å². The highest BCUT2D eigenvalue weighted by molar-refractivity contribution is 7.11. The quantitative estimate of drug-likeness (QED) is 0.876. The molecule has 2 rings (SSSR count). The zero-order valence-corrected chi connectivity index (χ0v) is 12.1. The fourth-order valence-electron chi connectivity index (χ4n) is 2.10. The monoisotopic (exact) mass is 253 g/mol. The molecule has 1 aliphatic heterocycles. The van der Waals surface area contributed by atoms with E-state index >= 15 is 0 Å². The number of thiazole rings is 1. The minimum atomic E-state index is 0.180. The van der Waals surface area contributed by atoms with Gasteiger partial charge >= 0.3 is 0 Å². The van der Waals surface area contributed by atoms with E-state index in [0.29, 0.717) is 6.04 Å². The third-order valence-electron chi connectivity index (χ3n) is 3.03. The molecule has 96 valence electrons. The summed E-state index contributed by atoms with van der Waals surface area (Å²) in [5, 5.41) is 4.72. The van der Waals surface area contributed by atoms with Gasteiger partial charge in [-0.3, -0.25) is 4.90 Å². The van der Waals surface area contributed by atoms with Gasteiger partial charge in [-0.05, 0) is 6.92 Å². The van der Waals surface area contributed by atoms with Crippen molar-refractivity contribution in [1.82, 2.24) is 15.2 Å². The SMILES string of the molecule is CC1CN(Cc2cnc(C(C)(C)C)s2)CCN1. The zero-order chi connectivity index (χ0) is 12.5. The molecule has 17 heavy (non-hydrogen) atoms. The average Bonchev–Trinajstić information content (AvgIpc) is 2.65. The summed E-state index contributed by atoms with van der Waals surface area (Å²) in [4.78, 5) is 8.46. The number of rotatable bonds is 2. The van der Waals surface area contributed by atoms with Crippen LogP contribution in [0.1, 0.15) is 37.6 Å². The van der Waals surface area contributed by atoms with Gasteiger partial charge in [0.1, 0.15) is 0 Å². The summed E-state index contributed by atoms with van der Waals surface area (Å²) >= 11 is 1.86. The van der Waals surface area contributed by atoms with Crippen molar-refractivity contribution in [3.05, 3.63) is 16.1 Å². The summed E-state index contributed by atoms with van der Waals surface area (Å²) in [6.07, 6.45) is 2.05. The Morgan fingerprint density at radius 1 is 1.53 bits per heavy atom. The van der Waals surface area contributed by atoms with Gasteiger partial charge in [0, 0.05) is 48.7 Å². The molecule has 0 spiro atoms. The van der Waals surface area contributed by atoms with E-state index < -0.39 is 0 Å². The van der Waals surface area contributed by atoms with E-state index in [1.54, 1.807) is 0 Å². The molecule has 0 bridgehead atoms. The molecule has 1 unspecified atom stereocenters. The molecule has 1 aromatic heterocycles. The highest BCUT2D eigenvalue weighted by Gasteiger charge is 2.20. The molecule has 1 fully saturated rings. The lowest BCUT2D eigenvalue weighted by Gasteiger charge is -2.31. The molecule has 4 heteroatoms. The van der Waals surface area contributed by atoms with Crippen LogP contribution in [0, 0.1) is 0 Å². The number of piperazine rings is 1. The van der Waals surface area contributed by atoms with E-state index in [0.717, 1.165) is 26.2 Å².